The molecule has 0 unspecified atom stereocenters. The fraction of sp³-hybridized carbons (Fsp3) is 0.413. The first kappa shape index (κ1) is 44.0. The van der Waals surface area contributed by atoms with Gasteiger partial charge in [-0.2, -0.15) is 4.98 Å². The predicted octanol–water partition coefficient (Wildman–Crippen LogP) is 8.13. The van der Waals surface area contributed by atoms with Crippen LogP contribution in [0.25, 0.3) is 10.9 Å². The van der Waals surface area contributed by atoms with Crippen LogP contribution >= 0.6 is 23.1 Å². The Morgan fingerprint density at radius 2 is 1.64 bits per heavy atom. The molecule has 1 atom stereocenters. The number of likely N-dealkylation sites (tertiary alicyclic amines) is 1. The average molecular weight is 961 g/mol. The minimum absolute atomic E-state index is 0.0532. The van der Waals surface area contributed by atoms with E-state index in [1.807, 2.05) is 4.90 Å². The molecule has 0 aliphatic carbocycles. The van der Waals surface area contributed by atoms with E-state index in [-0.39, 0.29) is 29.5 Å². The number of nitrogens with zero attached hydrogens (tertiary/aromatic N) is 6. The molecule has 1 spiro atoms. The van der Waals surface area contributed by atoms with E-state index >= 15 is 8.78 Å². The molecule has 4 fully saturated rings. The molecule has 3 N–H and O–H groups in total. The molecule has 5 aromatic rings. The van der Waals surface area contributed by atoms with E-state index in [4.69, 9.17) is 9.72 Å². The minimum atomic E-state index is -2.93. The van der Waals surface area contributed by atoms with Crippen LogP contribution in [0.1, 0.15) is 55.3 Å². The molecule has 2 aromatic heterocycles. The van der Waals surface area contributed by atoms with Crippen molar-refractivity contribution in [1.29, 1.82) is 0 Å². The fourth-order valence-electron chi connectivity index (χ4n) is 9.96. The summed E-state index contributed by atoms with van der Waals surface area (Å²) >= 11 is 3.56. The Bertz CT molecular complexity index is 2730. The van der Waals surface area contributed by atoms with Crippen molar-refractivity contribution in [2.75, 3.05) is 80.1 Å². The van der Waals surface area contributed by atoms with Crippen LogP contribution < -0.4 is 35.8 Å². The number of nitrogens with one attached hydrogen (secondary N) is 3. The number of imide groups is 1. The second-order valence-electron chi connectivity index (χ2n) is 17.9. The SMILES string of the molecule is CCc1cc(Nc2ncc(Br)c(Nc3ccc4nc(C)c(F)cc4c3P(C)(C)=O)n2)c(OC)cc1N1CC2(C1)CN(C1CCN(c3cc(F)c([C@H]4CCC(=O)NC4=O)c(F)c3)CC1)C2. The first-order valence-electron chi connectivity index (χ1n) is 21.5. The Morgan fingerprint density at radius 1 is 0.922 bits per heavy atom. The molecule has 336 valence electrons. The number of carbonyl (C=O) groups excluding carboxylic acids is 2. The lowest BCUT2D eigenvalue weighted by Gasteiger charge is -2.63. The number of hydrogen-bond acceptors (Lipinski definition) is 12. The van der Waals surface area contributed by atoms with Crippen LogP contribution in [-0.4, -0.2) is 97.4 Å². The topological polar surface area (TPSA) is 145 Å². The van der Waals surface area contributed by atoms with E-state index in [2.05, 4.69) is 70.7 Å². The maximum Gasteiger partial charge on any atom is 0.234 e. The van der Waals surface area contributed by atoms with Crippen LogP contribution in [0.15, 0.2) is 53.1 Å². The Hall–Kier alpha value is -5.25. The number of carbonyl (C=O) groups is 2. The number of halogens is 4. The van der Waals surface area contributed by atoms with E-state index in [0.29, 0.717) is 74.4 Å². The van der Waals surface area contributed by atoms with Crippen LogP contribution in [0.3, 0.4) is 0 Å². The van der Waals surface area contributed by atoms with Crippen LogP contribution in [0.2, 0.25) is 0 Å². The third kappa shape index (κ3) is 8.30. The lowest BCUT2D eigenvalue weighted by Crippen LogP contribution is -2.74. The molecular formula is C46H50BrF3N9O4P. The van der Waals surface area contributed by atoms with Crippen LogP contribution in [0, 0.1) is 29.8 Å². The van der Waals surface area contributed by atoms with Crippen LogP contribution in [0.5, 0.6) is 5.75 Å². The highest BCUT2D eigenvalue weighted by Gasteiger charge is 2.53. The van der Waals surface area contributed by atoms with Gasteiger partial charge in [0.1, 0.15) is 36.2 Å². The van der Waals surface area contributed by atoms with Crippen molar-refractivity contribution in [2.45, 2.75) is 57.9 Å². The Kier molecular flexibility index (Phi) is 11.6. The number of benzene rings is 3. The van der Waals surface area contributed by atoms with Gasteiger partial charge >= 0.3 is 0 Å². The van der Waals surface area contributed by atoms with Gasteiger partial charge in [-0.3, -0.25) is 24.8 Å². The summed E-state index contributed by atoms with van der Waals surface area (Å²) in [5.41, 5.74) is 4.74. The lowest BCUT2D eigenvalue weighted by molar-refractivity contribution is -0.134. The maximum atomic E-state index is 15.3. The van der Waals surface area contributed by atoms with Gasteiger partial charge < -0.3 is 29.7 Å². The van der Waals surface area contributed by atoms with Gasteiger partial charge in [0, 0.05) is 97.0 Å². The number of fused-ring (bicyclic) bond motifs is 1. The standard InChI is InChI=1S/C46H50BrF3N9O4P/c1-6-26-15-37(54-45-51-20-31(47)43(56-45)53-36-9-8-35-30(42(36)64(4,5)62)18-32(48)25(2)52-35)39(63-3)19-38(26)59-23-46(24-59)21-58(22-46)27-11-13-57(14-12-27)28-16-33(49)41(34(50)17-28)29-7-10-40(60)55-44(29)61/h8-9,15-20,27,29H,6-7,10-14,21-24H2,1-5H3,(H,55,60,61)(H2,51,53,54,56)/t29-/m1/s1. The molecule has 9 rings (SSSR count). The van der Waals surface area contributed by atoms with Gasteiger partial charge in [-0.25, -0.2) is 18.2 Å². The summed E-state index contributed by atoms with van der Waals surface area (Å²) in [6, 6.07) is 12.1. The molecule has 0 radical (unpaired) electrons. The quantitative estimate of drug-likeness (QED) is 0.0869. The summed E-state index contributed by atoms with van der Waals surface area (Å²) in [6.07, 6.45) is 4.32. The van der Waals surface area contributed by atoms with Gasteiger partial charge in [-0.15, -0.1) is 0 Å². The third-order valence-corrected chi connectivity index (χ3v) is 15.3. The molecule has 4 saturated heterocycles. The molecule has 6 heterocycles. The molecule has 64 heavy (non-hydrogen) atoms. The smallest absolute Gasteiger partial charge is 0.234 e. The van der Waals surface area contributed by atoms with Gasteiger partial charge in [-0.1, -0.05) is 6.92 Å². The molecular weight excluding hydrogens is 910 g/mol. The van der Waals surface area contributed by atoms with Crippen molar-refractivity contribution in [3.8, 4) is 5.75 Å². The van der Waals surface area contributed by atoms with Gasteiger partial charge in [0.25, 0.3) is 0 Å². The van der Waals surface area contributed by atoms with Crippen LogP contribution in [-0.2, 0) is 20.6 Å². The fourth-order valence-corrected chi connectivity index (χ4v) is 11.7. The summed E-state index contributed by atoms with van der Waals surface area (Å²) in [4.78, 5) is 44.5. The summed E-state index contributed by atoms with van der Waals surface area (Å²) in [7, 11) is -1.29. The normalized spacial score (nSPS) is 19.1. The highest BCUT2D eigenvalue weighted by Crippen LogP contribution is 2.47. The Morgan fingerprint density at radius 3 is 2.30 bits per heavy atom. The highest BCUT2D eigenvalue weighted by atomic mass is 79.9. The molecule has 18 heteroatoms. The first-order chi connectivity index (χ1) is 30.5. The lowest BCUT2D eigenvalue weighted by atomic mass is 9.71. The number of aromatic nitrogens is 3. The minimum Gasteiger partial charge on any atom is -0.494 e. The van der Waals surface area contributed by atoms with Crippen molar-refractivity contribution < 1.29 is 32.1 Å². The summed E-state index contributed by atoms with van der Waals surface area (Å²) in [5, 5.41) is 9.82. The van der Waals surface area contributed by atoms with E-state index < -0.39 is 42.3 Å². The van der Waals surface area contributed by atoms with E-state index in [9.17, 15) is 18.5 Å². The van der Waals surface area contributed by atoms with Gasteiger partial charge in [-0.05, 0) is 104 Å². The molecule has 4 aliphatic heterocycles. The van der Waals surface area contributed by atoms with Crippen molar-refractivity contribution in [2.24, 2.45) is 5.41 Å². The second kappa shape index (κ2) is 17.0. The molecule has 2 amide bonds. The van der Waals surface area contributed by atoms with Gasteiger partial charge in [0.2, 0.25) is 17.8 Å². The number of pyridine rings is 1. The monoisotopic (exact) mass is 959 g/mol. The highest BCUT2D eigenvalue weighted by molar-refractivity contribution is 9.10. The second-order valence-corrected chi connectivity index (χ2v) is 21.9. The maximum absolute atomic E-state index is 15.3. The summed E-state index contributed by atoms with van der Waals surface area (Å²) in [5.74, 6) is -2.70. The number of amides is 2. The first-order valence-corrected chi connectivity index (χ1v) is 24.9. The van der Waals surface area contributed by atoms with Crippen molar-refractivity contribution >= 4 is 85.6 Å². The van der Waals surface area contributed by atoms with Gasteiger partial charge in [0.05, 0.1) is 40.1 Å². The van der Waals surface area contributed by atoms with Gasteiger partial charge in [0.15, 0.2) is 0 Å². The molecule has 0 bridgehead atoms. The predicted molar refractivity (Wildman–Crippen MR) is 247 cm³/mol. The van der Waals surface area contributed by atoms with Crippen LogP contribution in [0.4, 0.5) is 47.7 Å². The number of aryl methyl sites for hydroxylation is 2. The number of ether oxygens (including phenoxy) is 1. The van der Waals surface area contributed by atoms with E-state index in [1.165, 1.54) is 18.2 Å². The van der Waals surface area contributed by atoms with Crippen molar-refractivity contribution in [1.82, 2.24) is 25.2 Å². The third-order valence-electron chi connectivity index (χ3n) is 13.1. The molecule has 3 aromatic carbocycles. The number of piperidine rings is 2. The molecule has 0 saturated carbocycles. The number of hydrogen-bond donors (Lipinski definition) is 3. The summed E-state index contributed by atoms with van der Waals surface area (Å²) in [6.45, 7) is 12.2. The largest absolute Gasteiger partial charge is 0.494 e. The number of anilines is 6. The zero-order chi connectivity index (χ0) is 45.2. The van der Waals surface area contributed by atoms with Crippen molar-refractivity contribution in [3.05, 3.63) is 87.4 Å². The molecule has 13 nitrogen and oxygen atoms in total. The number of rotatable bonds is 11. The van der Waals surface area contributed by atoms with E-state index in [0.717, 1.165) is 56.7 Å². The number of methoxy groups -OCH3 is 1. The zero-order valence-electron chi connectivity index (χ0n) is 36.3. The molecule has 4 aliphatic rings. The Labute approximate surface area is 378 Å². The zero-order valence-corrected chi connectivity index (χ0v) is 38.8. The summed E-state index contributed by atoms with van der Waals surface area (Å²) < 4.78 is 65.3. The average Bonchev–Trinajstić information content (AvgIpc) is 3.22. The van der Waals surface area contributed by atoms with E-state index in [1.54, 1.807) is 45.7 Å². The Balaban J connectivity index is 0.830. The van der Waals surface area contributed by atoms with Crippen molar-refractivity contribution in [3.63, 3.8) is 0 Å².